The first-order valence-electron chi connectivity index (χ1n) is 6.82. The van der Waals surface area contributed by atoms with Gasteiger partial charge in [-0.05, 0) is 31.7 Å². The van der Waals surface area contributed by atoms with Crippen molar-refractivity contribution in [3.05, 3.63) is 23.2 Å². The third-order valence-electron chi connectivity index (χ3n) is 3.68. The van der Waals surface area contributed by atoms with Crippen LogP contribution < -0.4 is 5.32 Å². The Bertz CT molecular complexity index is 501. The highest BCUT2D eigenvalue weighted by Crippen LogP contribution is 2.17. The first-order valence-corrected chi connectivity index (χ1v) is 6.82. The fraction of sp³-hybridized carbons (Fsp3) is 0.571. The molecule has 1 saturated heterocycles. The van der Waals surface area contributed by atoms with E-state index in [-0.39, 0.29) is 18.1 Å². The van der Waals surface area contributed by atoms with Crippen molar-refractivity contribution in [2.24, 2.45) is 5.92 Å². The molecule has 2 rings (SSSR count). The molecule has 110 valence electrons. The van der Waals surface area contributed by atoms with E-state index >= 15 is 0 Å². The van der Waals surface area contributed by atoms with Crippen LogP contribution in [0.5, 0.6) is 0 Å². The van der Waals surface area contributed by atoms with Crippen molar-refractivity contribution in [2.45, 2.75) is 33.2 Å². The van der Waals surface area contributed by atoms with Gasteiger partial charge in [-0.25, -0.2) is 9.59 Å². The summed E-state index contributed by atoms with van der Waals surface area (Å²) < 4.78 is 5.32. The van der Waals surface area contributed by atoms with Crippen molar-refractivity contribution in [1.82, 2.24) is 10.2 Å². The number of nitrogens with one attached hydrogen (secondary N) is 1. The summed E-state index contributed by atoms with van der Waals surface area (Å²) in [6.45, 7) is 5.53. The normalized spacial score (nSPS) is 16.2. The highest BCUT2D eigenvalue weighted by molar-refractivity contribution is 5.88. The zero-order valence-corrected chi connectivity index (χ0v) is 11.8. The second-order valence-electron chi connectivity index (χ2n) is 5.32. The molecule has 0 saturated carbocycles. The highest BCUT2D eigenvalue weighted by atomic mass is 16.4. The lowest BCUT2D eigenvalue weighted by Crippen LogP contribution is -2.43. The lowest BCUT2D eigenvalue weighted by atomic mass is 10.00. The van der Waals surface area contributed by atoms with E-state index in [2.05, 4.69) is 12.2 Å². The first kappa shape index (κ1) is 14.4. The largest absolute Gasteiger partial charge is 0.478 e. The van der Waals surface area contributed by atoms with E-state index in [4.69, 9.17) is 9.52 Å². The van der Waals surface area contributed by atoms with Crippen LogP contribution in [0.1, 0.15) is 41.6 Å². The van der Waals surface area contributed by atoms with Gasteiger partial charge in [-0.1, -0.05) is 6.92 Å². The minimum Gasteiger partial charge on any atom is -0.478 e. The summed E-state index contributed by atoms with van der Waals surface area (Å²) in [6.07, 6.45) is 2.05. The molecule has 2 N–H and O–H groups in total. The van der Waals surface area contributed by atoms with Gasteiger partial charge in [0.25, 0.3) is 0 Å². The Labute approximate surface area is 117 Å². The molecule has 6 nitrogen and oxygen atoms in total. The summed E-state index contributed by atoms with van der Waals surface area (Å²) in [6, 6.07) is 1.33. The Morgan fingerprint density at radius 2 is 2.10 bits per heavy atom. The van der Waals surface area contributed by atoms with Crippen molar-refractivity contribution < 1.29 is 19.1 Å². The quantitative estimate of drug-likeness (QED) is 0.889. The van der Waals surface area contributed by atoms with Gasteiger partial charge in [-0.2, -0.15) is 0 Å². The maximum absolute atomic E-state index is 12.0. The maximum atomic E-state index is 12.0. The maximum Gasteiger partial charge on any atom is 0.339 e. The summed E-state index contributed by atoms with van der Waals surface area (Å²) in [5, 5.41) is 11.7. The molecule has 0 aromatic carbocycles. The number of carbonyl (C=O) groups excluding carboxylic acids is 1. The van der Waals surface area contributed by atoms with Crippen molar-refractivity contribution in [3.8, 4) is 0 Å². The number of aromatic carboxylic acids is 1. The number of urea groups is 1. The molecule has 20 heavy (non-hydrogen) atoms. The SMILES string of the molecule is Cc1oc(CNC(=O)N2CCC(C)CC2)cc1C(=O)O. The van der Waals surface area contributed by atoms with Gasteiger partial charge in [0.2, 0.25) is 0 Å². The van der Waals surface area contributed by atoms with Gasteiger partial charge in [0.15, 0.2) is 0 Å². The summed E-state index contributed by atoms with van der Waals surface area (Å²) in [5.74, 6) is 0.464. The molecule has 1 fully saturated rings. The van der Waals surface area contributed by atoms with Crippen LogP contribution in [0.4, 0.5) is 4.79 Å². The van der Waals surface area contributed by atoms with E-state index in [1.54, 1.807) is 11.8 Å². The number of nitrogens with zero attached hydrogens (tertiary/aromatic N) is 1. The van der Waals surface area contributed by atoms with Gasteiger partial charge < -0.3 is 19.7 Å². The molecule has 1 aromatic rings. The average molecular weight is 280 g/mol. The molecule has 1 aliphatic rings. The number of piperidine rings is 1. The molecule has 0 radical (unpaired) electrons. The van der Waals surface area contributed by atoms with Gasteiger partial charge in [0.1, 0.15) is 17.1 Å². The number of hydrogen-bond acceptors (Lipinski definition) is 3. The third-order valence-corrected chi connectivity index (χ3v) is 3.68. The van der Waals surface area contributed by atoms with E-state index in [0.717, 1.165) is 25.9 Å². The highest BCUT2D eigenvalue weighted by Gasteiger charge is 2.20. The second-order valence-corrected chi connectivity index (χ2v) is 5.32. The summed E-state index contributed by atoms with van der Waals surface area (Å²) >= 11 is 0. The molecular weight excluding hydrogens is 260 g/mol. The van der Waals surface area contributed by atoms with Crippen LogP contribution in [-0.4, -0.2) is 35.1 Å². The predicted octanol–water partition coefficient (Wildman–Crippen LogP) is 2.23. The molecule has 1 aliphatic heterocycles. The van der Waals surface area contributed by atoms with Gasteiger partial charge in [-0.15, -0.1) is 0 Å². The minimum absolute atomic E-state index is 0.122. The summed E-state index contributed by atoms with van der Waals surface area (Å²) in [4.78, 5) is 24.6. The van der Waals surface area contributed by atoms with Gasteiger partial charge in [0.05, 0.1) is 6.54 Å². The van der Waals surface area contributed by atoms with Crippen LogP contribution in [0.25, 0.3) is 0 Å². The number of carbonyl (C=O) groups is 2. The molecule has 0 aliphatic carbocycles. The van der Waals surface area contributed by atoms with Gasteiger partial charge in [-0.3, -0.25) is 0 Å². The van der Waals surface area contributed by atoms with Gasteiger partial charge >= 0.3 is 12.0 Å². The van der Waals surface area contributed by atoms with Crippen molar-refractivity contribution in [2.75, 3.05) is 13.1 Å². The number of carboxylic acids is 1. The Morgan fingerprint density at radius 1 is 1.45 bits per heavy atom. The minimum atomic E-state index is -1.02. The van der Waals surface area contributed by atoms with E-state index in [0.29, 0.717) is 17.4 Å². The van der Waals surface area contributed by atoms with Crippen LogP contribution in [0.3, 0.4) is 0 Å². The van der Waals surface area contributed by atoms with E-state index in [1.165, 1.54) is 6.07 Å². The summed E-state index contributed by atoms with van der Waals surface area (Å²) in [5.41, 5.74) is 0.140. The Hall–Kier alpha value is -1.98. The number of hydrogen-bond donors (Lipinski definition) is 2. The van der Waals surface area contributed by atoms with Crippen molar-refractivity contribution >= 4 is 12.0 Å². The van der Waals surface area contributed by atoms with Crippen LogP contribution in [0.2, 0.25) is 0 Å². The van der Waals surface area contributed by atoms with Crippen LogP contribution >= 0.6 is 0 Å². The predicted molar refractivity (Wildman–Crippen MR) is 72.6 cm³/mol. The van der Waals surface area contributed by atoms with E-state index in [9.17, 15) is 9.59 Å². The molecule has 0 atom stereocenters. The number of rotatable bonds is 3. The third kappa shape index (κ3) is 3.31. The zero-order valence-electron chi connectivity index (χ0n) is 11.8. The van der Waals surface area contributed by atoms with Crippen LogP contribution in [0, 0.1) is 12.8 Å². The Morgan fingerprint density at radius 3 is 2.65 bits per heavy atom. The molecule has 2 amide bonds. The molecule has 6 heteroatoms. The number of furan rings is 1. The van der Waals surface area contributed by atoms with E-state index < -0.39 is 5.97 Å². The molecule has 2 heterocycles. The molecular formula is C14H20N2O4. The van der Waals surface area contributed by atoms with Crippen LogP contribution in [-0.2, 0) is 6.54 Å². The van der Waals surface area contributed by atoms with E-state index in [1.807, 2.05) is 0 Å². The molecule has 0 spiro atoms. The number of carboxylic acid groups (broad SMARTS) is 1. The van der Waals surface area contributed by atoms with Gasteiger partial charge in [0, 0.05) is 13.1 Å². The fourth-order valence-electron chi connectivity index (χ4n) is 2.33. The van der Waals surface area contributed by atoms with Crippen LogP contribution in [0.15, 0.2) is 10.5 Å². The fourth-order valence-corrected chi connectivity index (χ4v) is 2.33. The number of amides is 2. The standard InChI is InChI=1S/C14H20N2O4/c1-9-3-5-16(6-4-9)14(19)15-8-11-7-12(13(17)18)10(2)20-11/h7,9H,3-6,8H2,1-2H3,(H,15,19)(H,17,18). The summed E-state index contributed by atoms with van der Waals surface area (Å²) in [7, 11) is 0. The zero-order chi connectivity index (χ0) is 14.7. The molecule has 0 bridgehead atoms. The Kier molecular flexibility index (Phi) is 4.32. The smallest absolute Gasteiger partial charge is 0.339 e. The van der Waals surface area contributed by atoms with Crippen molar-refractivity contribution in [3.63, 3.8) is 0 Å². The lowest BCUT2D eigenvalue weighted by Gasteiger charge is -2.30. The van der Waals surface area contributed by atoms with Crippen molar-refractivity contribution in [1.29, 1.82) is 0 Å². The lowest BCUT2D eigenvalue weighted by molar-refractivity contribution is 0.0695. The second kappa shape index (κ2) is 5.98. The average Bonchev–Trinajstić information content (AvgIpc) is 2.78. The first-order chi connectivity index (χ1) is 9.47. The monoisotopic (exact) mass is 280 g/mol. The number of aryl methyl sites for hydroxylation is 1. The molecule has 0 unspecified atom stereocenters. The topological polar surface area (TPSA) is 82.8 Å². The number of likely N-dealkylation sites (tertiary alicyclic amines) is 1. The Balaban J connectivity index is 1.87. The molecule has 1 aromatic heterocycles.